The van der Waals surface area contributed by atoms with Crippen LogP contribution in [0.1, 0.15) is 141 Å². The number of esters is 4. The van der Waals surface area contributed by atoms with Crippen LogP contribution in [0.15, 0.2) is 109 Å². The number of amides is 8. The number of nitrogens with zero attached hydrogens (tertiary/aromatic N) is 4. The first-order valence-electron chi connectivity index (χ1n) is 31.9. The number of ether oxygens (including phenoxy) is 4. The van der Waals surface area contributed by atoms with Crippen molar-refractivity contribution < 1.29 is 86.7 Å². The smallest absolute Gasteiger partial charge is 0.330 e. The lowest BCUT2D eigenvalue weighted by molar-refractivity contribution is -0.144. The van der Waals surface area contributed by atoms with Crippen LogP contribution in [0.2, 0.25) is 0 Å². The number of allylic oxidation sites excluding steroid dienone is 2. The number of aliphatic hydroxyl groups excluding tert-OH is 2. The van der Waals surface area contributed by atoms with Crippen LogP contribution in [0, 0.1) is 23.7 Å². The molecule has 2 atom stereocenters. The van der Waals surface area contributed by atoms with Gasteiger partial charge >= 0.3 is 23.9 Å². The largest absolute Gasteiger partial charge is 0.468 e. The molecular weight excluding hydrogens is 1290 g/mol. The average molecular weight is 1390 g/mol. The Kier molecular flexibility index (Phi) is 43.9. The average Bonchev–Trinajstić information content (AvgIpc) is 0.898. The fraction of sp³-hybridized carbons (Fsp3) is 0.405. The highest BCUT2D eigenvalue weighted by Crippen LogP contribution is 2.13. The molecule has 0 aliphatic carbocycles. The highest BCUT2D eigenvalue weighted by molar-refractivity contribution is 5.99. The summed E-state index contributed by atoms with van der Waals surface area (Å²) in [7, 11) is 18.7. The summed E-state index contributed by atoms with van der Waals surface area (Å²) in [4.78, 5) is 145. The lowest BCUT2D eigenvalue weighted by Gasteiger charge is -2.13. The van der Waals surface area contributed by atoms with Crippen molar-refractivity contribution in [2.24, 2.45) is 0 Å². The second-order valence-electron chi connectivity index (χ2n) is 22.4. The lowest BCUT2D eigenvalue weighted by Crippen LogP contribution is -2.44. The minimum atomic E-state index is -1.11. The van der Waals surface area contributed by atoms with Crippen molar-refractivity contribution in [1.29, 1.82) is 0 Å². The topological polar surface area (TPSA) is 343 Å². The summed E-state index contributed by atoms with van der Waals surface area (Å²) in [5, 5.41) is 28.1. The molecule has 0 unspecified atom stereocenters. The van der Waals surface area contributed by atoms with Crippen molar-refractivity contribution in [2.45, 2.75) is 89.1 Å². The van der Waals surface area contributed by atoms with Gasteiger partial charge in [0, 0.05) is 128 Å². The molecule has 0 radical (unpaired) electrons. The van der Waals surface area contributed by atoms with E-state index in [4.69, 9.17) is 10.2 Å². The molecule has 0 saturated heterocycles. The second-order valence-corrected chi connectivity index (χ2v) is 22.4. The number of hydrogen-bond donors (Lipinski definition) is 6. The summed E-state index contributed by atoms with van der Waals surface area (Å²) in [5.41, 5.74) is 4.67. The first kappa shape index (κ1) is 87.1. The number of aliphatic hydroxyl groups is 2. The van der Waals surface area contributed by atoms with Gasteiger partial charge in [-0.3, -0.25) is 47.9 Å². The Hall–Kier alpha value is -11.0. The van der Waals surface area contributed by atoms with Gasteiger partial charge in [0.2, 0.25) is 23.6 Å². The van der Waals surface area contributed by atoms with Gasteiger partial charge in [-0.25, -0.2) is 9.59 Å². The van der Waals surface area contributed by atoms with Crippen molar-refractivity contribution in [3.63, 3.8) is 0 Å². The van der Waals surface area contributed by atoms with E-state index in [1.807, 2.05) is 36.4 Å². The van der Waals surface area contributed by atoms with Crippen molar-refractivity contribution in [2.75, 3.05) is 111 Å². The molecule has 0 heterocycles. The second kappa shape index (κ2) is 50.4. The van der Waals surface area contributed by atoms with Crippen LogP contribution in [0.25, 0.3) is 12.2 Å². The zero-order valence-electron chi connectivity index (χ0n) is 59.2. The lowest BCUT2D eigenvalue weighted by atomic mass is 10.1. The Balaban J connectivity index is 0.000000667. The van der Waals surface area contributed by atoms with Crippen molar-refractivity contribution in [3.8, 4) is 23.7 Å². The van der Waals surface area contributed by atoms with Gasteiger partial charge in [0.1, 0.15) is 13.1 Å². The summed E-state index contributed by atoms with van der Waals surface area (Å²) in [6.45, 7) is -1.42. The van der Waals surface area contributed by atoms with Gasteiger partial charge in [-0.15, -0.1) is 0 Å². The first-order chi connectivity index (χ1) is 47.6. The molecule has 6 N–H and O–H groups in total. The normalized spacial score (nSPS) is 10.7. The van der Waals surface area contributed by atoms with Crippen LogP contribution in [0.3, 0.4) is 0 Å². The van der Waals surface area contributed by atoms with Gasteiger partial charge < -0.3 is 70.0 Å². The fourth-order valence-electron chi connectivity index (χ4n) is 7.88. The maximum atomic E-state index is 12.2. The molecule has 0 aliphatic rings. The minimum Gasteiger partial charge on any atom is -0.468 e. The SMILES string of the molecule is COC(=O)CNC(=O)c1cccc(/C=C\CCCC(=O)N(C)C)c1.COC(=O)CNC(=O)c1cccc(C#CCCCC(=O)N(C)C)c1.COC(=O)[C@H](CO)NC(=O)c1cccc(/C=C\CCCC(=O)N(C)C)c1.COC(=O)[C@H](CO)NC(=O)c1cccc(C#CCCCC(=O)N(C)C)c1. The zero-order valence-corrected chi connectivity index (χ0v) is 59.2. The van der Waals surface area contributed by atoms with Gasteiger partial charge in [-0.2, -0.15) is 0 Å². The molecule has 0 aliphatic heterocycles. The fourth-order valence-corrected chi connectivity index (χ4v) is 7.88. The molecule has 0 saturated carbocycles. The van der Waals surface area contributed by atoms with Crippen LogP contribution >= 0.6 is 0 Å². The van der Waals surface area contributed by atoms with Crippen LogP contribution < -0.4 is 21.3 Å². The number of hydrogen-bond acceptors (Lipinski definition) is 18. The number of benzene rings is 4. The molecule has 4 rings (SSSR count). The number of nitrogens with one attached hydrogen (secondary N) is 4. The monoisotopic (exact) mass is 1380 g/mol. The predicted molar refractivity (Wildman–Crippen MR) is 377 cm³/mol. The molecule has 26 heteroatoms. The number of unbranched alkanes of at least 4 members (excludes halogenated alkanes) is 4. The first-order valence-corrected chi connectivity index (χ1v) is 31.9. The van der Waals surface area contributed by atoms with Crippen LogP contribution in [0.4, 0.5) is 0 Å². The summed E-state index contributed by atoms with van der Waals surface area (Å²) in [5.74, 6) is 8.17. The van der Waals surface area contributed by atoms with E-state index in [9.17, 15) is 57.5 Å². The standard InChI is InChI=1S/C19H26N2O5.C19H24N2O5.C18H24N2O4.C18H22N2O4/c2*1-21(2)17(23)11-6-4-5-8-14-9-7-10-15(12-14)18(24)20-16(13-22)19(25)26-3;2*1-20(2)16(21)11-6-4-5-8-14-9-7-10-15(12-14)18(23)19-13-17(22)24-3/h5,7-10,12,16,22H,4,6,11,13H2,1-3H3,(H,20,24);7,9-10,12,16,22H,4,6,11,13H2,1-3H3,(H,20,24);5,7-10,12H,4,6,11,13H2,1-3H3,(H,19,23);7,9-10,12H,4,6,11,13H2,1-3H3,(H,19,23)/b8-5-;;8-5-;/t2*16-;;/m00../s1. The van der Waals surface area contributed by atoms with Crippen LogP contribution in [-0.2, 0) is 57.3 Å². The Labute approximate surface area is 586 Å². The van der Waals surface area contributed by atoms with Gasteiger partial charge in [0.05, 0.1) is 41.7 Å². The van der Waals surface area contributed by atoms with E-state index in [1.165, 1.54) is 28.4 Å². The maximum Gasteiger partial charge on any atom is 0.330 e. The number of rotatable bonds is 30. The molecule has 4 aromatic rings. The van der Waals surface area contributed by atoms with E-state index in [0.29, 0.717) is 84.7 Å². The molecule has 0 bridgehead atoms. The molecule has 540 valence electrons. The molecule has 0 spiro atoms. The third kappa shape index (κ3) is 37.5. The summed E-state index contributed by atoms with van der Waals surface area (Å²) >= 11 is 0. The highest BCUT2D eigenvalue weighted by Gasteiger charge is 2.23. The number of carbonyl (C=O) groups excluding carboxylic acids is 12. The third-order valence-electron chi connectivity index (χ3n) is 13.7. The van der Waals surface area contributed by atoms with Gasteiger partial charge in [0.25, 0.3) is 23.6 Å². The Morgan fingerprint density at radius 1 is 0.420 bits per heavy atom. The predicted octanol–water partition coefficient (Wildman–Crippen LogP) is 4.84. The van der Waals surface area contributed by atoms with Gasteiger partial charge in [0.15, 0.2) is 12.1 Å². The maximum absolute atomic E-state index is 12.2. The van der Waals surface area contributed by atoms with Crippen molar-refractivity contribution in [1.82, 2.24) is 40.9 Å². The zero-order chi connectivity index (χ0) is 75.0. The molecule has 8 amide bonds. The van der Waals surface area contributed by atoms with Crippen LogP contribution in [0.5, 0.6) is 0 Å². The molecule has 100 heavy (non-hydrogen) atoms. The van der Waals surface area contributed by atoms with Gasteiger partial charge in [-0.05, 0) is 110 Å². The summed E-state index contributed by atoms with van der Waals surface area (Å²) in [6.07, 6.45) is 15.3. The Bertz CT molecular complexity index is 3540. The molecular formula is C74H96N8O18. The molecule has 4 aromatic carbocycles. The Morgan fingerprint density at radius 3 is 1.05 bits per heavy atom. The van der Waals surface area contributed by atoms with E-state index in [-0.39, 0.29) is 48.5 Å². The number of methoxy groups -OCH3 is 4. The van der Waals surface area contributed by atoms with E-state index >= 15 is 0 Å². The minimum absolute atomic E-state index is 0.0644. The summed E-state index contributed by atoms with van der Waals surface area (Å²) in [6, 6.07) is 25.2. The van der Waals surface area contributed by atoms with Crippen molar-refractivity contribution >= 4 is 83.3 Å². The Morgan fingerprint density at radius 2 is 0.730 bits per heavy atom. The molecule has 0 fully saturated rings. The molecule has 0 aromatic heterocycles. The van der Waals surface area contributed by atoms with E-state index < -0.39 is 61.0 Å². The molecule has 26 nitrogen and oxygen atoms in total. The van der Waals surface area contributed by atoms with E-state index in [1.54, 1.807) is 161 Å². The van der Waals surface area contributed by atoms with Crippen LogP contribution in [-0.4, -0.2) is 224 Å². The van der Waals surface area contributed by atoms with E-state index in [2.05, 4.69) is 63.9 Å². The third-order valence-corrected chi connectivity index (χ3v) is 13.7. The number of carbonyl (C=O) groups is 12. The van der Waals surface area contributed by atoms with Crippen molar-refractivity contribution in [3.05, 3.63) is 154 Å². The summed E-state index contributed by atoms with van der Waals surface area (Å²) < 4.78 is 18.0. The van der Waals surface area contributed by atoms with E-state index in [0.717, 1.165) is 36.8 Å². The highest BCUT2D eigenvalue weighted by atomic mass is 16.5. The van der Waals surface area contributed by atoms with Gasteiger partial charge in [-0.1, -0.05) is 84.4 Å². The quantitative estimate of drug-likeness (QED) is 0.0176.